The number of carbonyl (C=O) groups is 1. The lowest BCUT2D eigenvalue weighted by atomic mass is 9.72. The van der Waals surface area contributed by atoms with Crippen molar-refractivity contribution in [1.29, 1.82) is 5.26 Å². The van der Waals surface area contributed by atoms with Crippen LogP contribution in [0.1, 0.15) is 43.6 Å². The minimum absolute atomic E-state index is 0.175. The van der Waals surface area contributed by atoms with Gasteiger partial charge in [0.15, 0.2) is 0 Å². The van der Waals surface area contributed by atoms with E-state index in [1.54, 1.807) is 0 Å². The first-order valence-corrected chi connectivity index (χ1v) is 13.4. The van der Waals surface area contributed by atoms with Gasteiger partial charge in [0.2, 0.25) is 11.8 Å². The van der Waals surface area contributed by atoms with E-state index >= 15 is 0 Å². The van der Waals surface area contributed by atoms with Crippen LogP contribution in [0.15, 0.2) is 53.4 Å². The molecule has 1 saturated carbocycles. The molecule has 0 spiro atoms. The maximum Gasteiger partial charge on any atom is 0.249 e. The van der Waals surface area contributed by atoms with E-state index in [0.29, 0.717) is 5.92 Å². The number of benzene rings is 2. The smallest absolute Gasteiger partial charge is 0.249 e. The summed E-state index contributed by atoms with van der Waals surface area (Å²) in [4.78, 5) is 16.4. The van der Waals surface area contributed by atoms with Crippen LogP contribution in [0.5, 0.6) is 0 Å². The van der Waals surface area contributed by atoms with Gasteiger partial charge in [-0.1, -0.05) is 36.4 Å². The summed E-state index contributed by atoms with van der Waals surface area (Å²) in [6, 6.07) is 18.1. The number of rotatable bonds is 7. The lowest BCUT2D eigenvalue weighted by molar-refractivity contribution is -0.133. The van der Waals surface area contributed by atoms with E-state index in [2.05, 4.69) is 35.5 Å². The molecule has 1 aliphatic carbocycles. The first-order chi connectivity index (χ1) is 16.9. The monoisotopic (exact) mass is 497 g/mol. The average Bonchev–Trinajstić information content (AvgIpc) is 2.87. The number of nitrogens with one attached hydrogen (secondary N) is 1. The predicted octanol–water partition coefficient (Wildman–Crippen LogP) is 5.95. The van der Waals surface area contributed by atoms with Gasteiger partial charge in [-0.2, -0.15) is 5.26 Å². The molecule has 4 nitrogen and oxygen atoms in total. The lowest BCUT2D eigenvalue weighted by Gasteiger charge is -2.36. The van der Waals surface area contributed by atoms with Crippen molar-refractivity contribution < 1.29 is 13.6 Å². The molecule has 2 aromatic carbocycles. The Labute approximate surface area is 211 Å². The SMILES string of the molecule is CN1CCC(CSc2ccc(-c3ccccc3)c(C3CCC(F)(F)CC3C(=O)NCC#N)c2)CC1. The molecule has 0 bridgehead atoms. The second-order valence-corrected chi connectivity index (χ2v) is 11.0. The highest BCUT2D eigenvalue weighted by atomic mass is 32.2. The Balaban J connectivity index is 1.64. The predicted molar refractivity (Wildman–Crippen MR) is 136 cm³/mol. The molecule has 2 fully saturated rings. The molecule has 186 valence electrons. The summed E-state index contributed by atoms with van der Waals surface area (Å²) in [6.07, 6.45) is 1.90. The first kappa shape index (κ1) is 25.7. The highest BCUT2D eigenvalue weighted by Crippen LogP contribution is 2.48. The van der Waals surface area contributed by atoms with E-state index in [0.717, 1.165) is 40.4 Å². The van der Waals surface area contributed by atoms with E-state index in [4.69, 9.17) is 5.26 Å². The van der Waals surface area contributed by atoms with Gasteiger partial charge in [-0.15, -0.1) is 11.8 Å². The highest BCUT2D eigenvalue weighted by molar-refractivity contribution is 7.99. The largest absolute Gasteiger partial charge is 0.343 e. The molecular formula is C28H33F2N3OS. The molecule has 2 unspecified atom stereocenters. The fourth-order valence-electron chi connectivity index (χ4n) is 5.30. The zero-order valence-corrected chi connectivity index (χ0v) is 21.0. The topological polar surface area (TPSA) is 56.1 Å². The van der Waals surface area contributed by atoms with Crippen molar-refractivity contribution in [3.8, 4) is 17.2 Å². The molecule has 0 aromatic heterocycles. The van der Waals surface area contributed by atoms with Crippen molar-refractivity contribution in [2.45, 2.75) is 48.8 Å². The molecule has 1 aliphatic heterocycles. The maximum atomic E-state index is 14.4. The minimum Gasteiger partial charge on any atom is -0.343 e. The van der Waals surface area contributed by atoms with Gasteiger partial charge in [0.1, 0.15) is 6.54 Å². The summed E-state index contributed by atoms with van der Waals surface area (Å²) in [7, 11) is 2.16. The van der Waals surface area contributed by atoms with Crippen molar-refractivity contribution in [2.75, 3.05) is 32.4 Å². The van der Waals surface area contributed by atoms with Crippen LogP contribution < -0.4 is 5.32 Å². The Kier molecular flexibility index (Phi) is 8.46. The molecule has 7 heteroatoms. The van der Waals surface area contributed by atoms with Crippen LogP contribution >= 0.6 is 11.8 Å². The van der Waals surface area contributed by atoms with Crippen LogP contribution in [0, 0.1) is 23.2 Å². The zero-order chi connectivity index (χ0) is 24.8. The third-order valence-electron chi connectivity index (χ3n) is 7.33. The average molecular weight is 498 g/mol. The number of carbonyl (C=O) groups excluding carboxylic acids is 1. The molecule has 4 rings (SSSR count). The number of nitriles is 1. The number of thioether (sulfide) groups is 1. The summed E-state index contributed by atoms with van der Waals surface area (Å²) in [5, 5.41) is 11.4. The second-order valence-electron chi connectivity index (χ2n) is 9.86. The van der Waals surface area contributed by atoms with Gasteiger partial charge in [0.05, 0.1) is 12.0 Å². The number of hydrogen-bond acceptors (Lipinski definition) is 4. The molecular weight excluding hydrogens is 464 g/mol. The van der Waals surface area contributed by atoms with Gasteiger partial charge in [-0.25, -0.2) is 8.78 Å². The molecule has 2 aromatic rings. The van der Waals surface area contributed by atoms with E-state index in [9.17, 15) is 13.6 Å². The number of nitrogens with zero attached hydrogens (tertiary/aromatic N) is 2. The number of hydrogen-bond donors (Lipinski definition) is 1. The Morgan fingerprint density at radius 2 is 1.91 bits per heavy atom. The van der Waals surface area contributed by atoms with E-state index in [1.165, 1.54) is 12.8 Å². The van der Waals surface area contributed by atoms with Crippen LogP contribution in [0.4, 0.5) is 8.78 Å². The van der Waals surface area contributed by atoms with Gasteiger partial charge in [-0.3, -0.25) is 4.79 Å². The van der Waals surface area contributed by atoms with Crippen molar-refractivity contribution >= 4 is 17.7 Å². The van der Waals surface area contributed by atoms with Gasteiger partial charge in [0, 0.05) is 23.5 Å². The molecule has 2 aliphatic rings. The molecule has 1 amide bonds. The van der Waals surface area contributed by atoms with E-state index in [1.807, 2.05) is 48.2 Å². The summed E-state index contributed by atoms with van der Waals surface area (Å²) < 4.78 is 28.9. The summed E-state index contributed by atoms with van der Waals surface area (Å²) in [5.74, 6) is -2.83. The number of likely N-dealkylation sites (tertiary alicyclic amines) is 1. The van der Waals surface area contributed by atoms with Gasteiger partial charge >= 0.3 is 0 Å². The highest BCUT2D eigenvalue weighted by Gasteiger charge is 2.45. The van der Waals surface area contributed by atoms with Crippen molar-refractivity contribution in [1.82, 2.24) is 10.2 Å². The standard InChI is InChI=1S/C28H33F2N3OS/c1-33-15-10-20(11-16-33)19-35-22-7-8-23(21-5-3-2-4-6-21)25(17-22)24-9-12-28(29,30)18-26(24)27(34)32-14-13-31/h2-8,17,20,24,26H,9-12,14-16,18-19H2,1H3,(H,32,34). The van der Waals surface area contributed by atoms with Gasteiger partial charge in [0.25, 0.3) is 0 Å². The fraction of sp³-hybridized carbons (Fsp3) is 0.500. The molecule has 1 saturated heterocycles. The second kappa shape index (κ2) is 11.5. The van der Waals surface area contributed by atoms with Gasteiger partial charge in [-0.05, 0) is 80.1 Å². The van der Waals surface area contributed by atoms with Crippen molar-refractivity contribution in [2.24, 2.45) is 11.8 Å². The molecule has 1 N–H and O–H groups in total. The summed E-state index contributed by atoms with van der Waals surface area (Å²) >= 11 is 1.82. The zero-order valence-electron chi connectivity index (χ0n) is 20.2. The Morgan fingerprint density at radius 3 is 2.63 bits per heavy atom. The lowest BCUT2D eigenvalue weighted by Crippen LogP contribution is -2.41. The van der Waals surface area contributed by atoms with Crippen LogP contribution in [0.25, 0.3) is 11.1 Å². The normalized spacial score (nSPS) is 22.9. The minimum atomic E-state index is -2.88. The fourth-order valence-corrected chi connectivity index (χ4v) is 6.44. The summed E-state index contributed by atoms with van der Waals surface area (Å²) in [5.41, 5.74) is 2.96. The number of halogens is 2. The van der Waals surface area contributed by atoms with Gasteiger partial charge < -0.3 is 10.2 Å². The van der Waals surface area contributed by atoms with E-state index < -0.39 is 24.2 Å². The maximum absolute atomic E-state index is 14.4. The number of piperidine rings is 1. The molecule has 2 atom stereocenters. The Bertz CT molecular complexity index is 1050. The van der Waals surface area contributed by atoms with Crippen LogP contribution in [0.3, 0.4) is 0 Å². The first-order valence-electron chi connectivity index (χ1n) is 12.4. The third-order valence-corrected chi connectivity index (χ3v) is 8.56. The third kappa shape index (κ3) is 6.62. The number of alkyl halides is 2. The Morgan fingerprint density at radius 1 is 1.17 bits per heavy atom. The van der Waals surface area contributed by atoms with Crippen LogP contribution in [-0.4, -0.2) is 49.2 Å². The summed E-state index contributed by atoms with van der Waals surface area (Å²) in [6.45, 7) is 2.07. The van der Waals surface area contributed by atoms with Crippen LogP contribution in [-0.2, 0) is 4.79 Å². The molecule has 35 heavy (non-hydrogen) atoms. The molecule has 0 radical (unpaired) electrons. The quantitative estimate of drug-likeness (QED) is 0.380. The van der Waals surface area contributed by atoms with Crippen molar-refractivity contribution in [3.05, 3.63) is 54.1 Å². The number of amides is 1. The van der Waals surface area contributed by atoms with Crippen LogP contribution in [0.2, 0.25) is 0 Å². The van der Waals surface area contributed by atoms with E-state index in [-0.39, 0.29) is 25.3 Å². The van der Waals surface area contributed by atoms with Crippen molar-refractivity contribution in [3.63, 3.8) is 0 Å². The molecule has 1 heterocycles. The Hall–Kier alpha value is -2.43.